The summed E-state index contributed by atoms with van der Waals surface area (Å²) >= 11 is 2.70. The smallest absolute Gasteiger partial charge is 0.153 e. The molecule has 3 heteroatoms. The quantitative estimate of drug-likeness (QED) is 0.485. The van der Waals surface area contributed by atoms with Gasteiger partial charge in [-0.1, -0.05) is 0 Å². The Morgan fingerprint density at radius 1 is 1.11 bits per heavy atom. The first-order valence-corrected chi connectivity index (χ1v) is 3.75. The van der Waals surface area contributed by atoms with Crippen LogP contribution in [0, 0.1) is 0 Å². The van der Waals surface area contributed by atoms with Gasteiger partial charge in [0, 0.05) is 0 Å². The van der Waals surface area contributed by atoms with Crippen molar-refractivity contribution >= 4 is 16.3 Å². The molecule has 0 spiro atoms. The van der Waals surface area contributed by atoms with E-state index in [9.17, 15) is 0 Å². The first-order valence-electron chi connectivity index (χ1n) is 2.93. The number of hydrogen-bond donors (Lipinski definition) is 0. The molecule has 0 aromatic carbocycles. The molecular weight excluding hydrogens is 131 g/mol. The number of unbranched alkanes of at least 4 members (excludes halogenated alkanes) is 1. The van der Waals surface area contributed by atoms with Crippen LogP contribution in [0.2, 0.25) is 5.28 Å². The zero-order valence-electron chi connectivity index (χ0n) is 6.52. The van der Waals surface area contributed by atoms with Gasteiger partial charge in [-0.05, 0) is 0 Å². The monoisotopic (exact) mass is 146 g/mol. The average Bonchev–Trinajstić information content (AvgIpc) is 1.98. The van der Waals surface area contributed by atoms with Crippen LogP contribution in [0.1, 0.15) is 19.8 Å². The predicted octanol–water partition coefficient (Wildman–Crippen LogP) is -0.674. The number of rotatable bonds is 2. The van der Waals surface area contributed by atoms with Crippen LogP contribution in [-0.2, 0) is 0 Å². The van der Waals surface area contributed by atoms with Gasteiger partial charge in [-0.2, -0.15) is 14.2 Å². The van der Waals surface area contributed by atoms with Gasteiger partial charge in [0.1, 0.15) is 0 Å². The SMILES string of the molecule is CCC[CH2][Al+2].C[O-].C[O-]. The summed E-state index contributed by atoms with van der Waals surface area (Å²) in [5.41, 5.74) is 0. The molecule has 0 unspecified atom stereocenters. The third-order valence-corrected chi connectivity index (χ3v) is 0.966. The molecule has 0 aromatic rings. The second-order valence-electron chi connectivity index (χ2n) is 1.14. The van der Waals surface area contributed by atoms with Crippen molar-refractivity contribution in [2.75, 3.05) is 14.2 Å². The van der Waals surface area contributed by atoms with Crippen LogP contribution in [0.25, 0.3) is 0 Å². The molecule has 0 N–H and O–H groups in total. The molecule has 0 heterocycles. The fraction of sp³-hybridized carbons (Fsp3) is 1.00. The molecule has 9 heavy (non-hydrogen) atoms. The Morgan fingerprint density at radius 3 is 1.44 bits per heavy atom. The largest absolute Gasteiger partial charge is 0.857 e. The summed E-state index contributed by atoms with van der Waals surface area (Å²) in [6, 6.07) is 0. The van der Waals surface area contributed by atoms with E-state index < -0.39 is 0 Å². The van der Waals surface area contributed by atoms with Crippen molar-refractivity contribution in [2.45, 2.75) is 25.0 Å². The van der Waals surface area contributed by atoms with E-state index in [0.717, 1.165) is 14.2 Å². The molecule has 0 amide bonds. The van der Waals surface area contributed by atoms with E-state index in [1.165, 1.54) is 18.1 Å². The molecule has 0 rings (SSSR count). The summed E-state index contributed by atoms with van der Waals surface area (Å²) in [6.07, 6.45) is 2.67. The predicted molar refractivity (Wildman–Crippen MR) is 37.3 cm³/mol. The molecular formula is C6H15AlO2. The van der Waals surface area contributed by atoms with Gasteiger partial charge in [-0.25, -0.2) is 0 Å². The summed E-state index contributed by atoms with van der Waals surface area (Å²) < 4.78 is 0. The van der Waals surface area contributed by atoms with Crippen molar-refractivity contribution in [1.29, 1.82) is 0 Å². The van der Waals surface area contributed by atoms with Crippen molar-refractivity contribution in [2.24, 2.45) is 0 Å². The molecule has 54 valence electrons. The van der Waals surface area contributed by atoms with E-state index in [4.69, 9.17) is 10.2 Å². The number of hydrogen-bond acceptors (Lipinski definition) is 2. The van der Waals surface area contributed by atoms with E-state index in [0.29, 0.717) is 0 Å². The van der Waals surface area contributed by atoms with Gasteiger partial charge in [0.05, 0.1) is 0 Å². The van der Waals surface area contributed by atoms with E-state index in [2.05, 4.69) is 23.2 Å². The van der Waals surface area contributed by atoms with E-state index in [-0.39, 0.29) is 0 Å². The molecule has 0 aliphatic rings. The Labute approximate surface area is 66.3 Å². The third kappa shape index (κ3) is 58.5. The topological polar surface area (TPSA) is 46.1 Å². The molecule has 0 fully saturated rings. The van der Waals surface area contributed by atoms with Crippen molar-refractivity contribution in [3.63, 3.8) is 0 Å². The third-order valence-electron chi connectivity index (χ3n) is 0.558. The summed E-state index contributed by atoms with van der Waals surface area (Å²) in [7, 11) is 1.50. The summed E-state index contributed by atoms with van der Waals surface area (Å²) in [5, 5.41) is 17.8. The van der Waals surface area contributed by atoms with Gasteiger partial charge in [0.15, 0.2) is 0 Å². The standard InChI is InChI=1S/C4H9.2CH3O.Al/c1-3-4-2;2*1-2;/h1,3-4H2,2H3;2*1H3;/q;2*-1;+2. The molecule has 0 saturated carbocycles. The second-order valence-corrected chi connectivity index (χ2v) is 1.72. The Kier molecular flexibility index (Phi) is 71.0. The Hall–Kier alpha value is 0.452. The van der Waals surface area contributed by atoms with E-state index in [1.54, 1.807) is 0 Å². The minimum absolute atomic E-state index is 0.750. The van der Waals surface area contributed by atoms with Gasteiger partial charge < -0.3 is 10.2 Å². The zero-order valence-corrected chi connectivity index (χ0v) is 7.67. The van der Waals surface area contributed by atoms with E-state index >= 15 is 0 Å². The van der Waals surface area contributed by atoms with Crippen LogP contribution in [0.3, 0.4) is 0 Å². The maximum absolute atomic E-state index is 8.25. The average molecular weight is 146 g/mol. The molecule has 2 nitrogen and oxygen atoms in total. The van der Waals surface area contributed by atoms with Crippen LogP contribution in [0.5, 0.6) is 0 Å². The molecule has 0 bridgehead atoms. The summed E-state index contributed by atoms with van der Waals surface area (Å²) in [6.45, 7) is 2.20. The normalized spacial score (nSPS) is 6.11. The van der Waals surface area contributed by atoms with Crippen LogP contribution in [0.15, 0.2) is 0 Å². The summed E-state index contributed by atoms with van der Waals surface area (Å²) in [5.74, 6) is 0. The van der Waals surface area contributed by atoms with E-state index in [1.807, 2.05) is 0 Å². The first-order chi connectivity index (χ1) is 4.41. The van der Waals surface area contributed by atoms with Gasteiger partial charge in [-0.3, -0.25) is 0 Å². The molecule has 0 atom stereocenters. The van der Waals surface area contributed by atoms with Crippen LogP contribution in [-0.4, -0.2) is 30.5 Å². The summed E-state index contributed by atoms with van der Waals surface area (Å²) in [4.78, 5) is 0. The van der Waals surface area contributed by atoms with Gasteiger partial charge in [0.2, 0.25) is 0 Å². The van der Waals surface area contributed by atoms with Gasteiger partial charge in [-0.15, -0.1) is 0 Å². The molecule has 0 aliphatic carbocycles. The van der Waals surface area contributed by atoms with Crippen molar-refractivity contribution in [3.05, 3.63) is 0 Å². The van der Waals surface area contributed by atoms with Crippen molar-refractivity contribution < 1.29 is 10.2 Å². The van der Waals surface area contributed by atoms with Crippen LogP contribution in [0.4, 0.5) is 0 Å². The Morgan fingerprint density at radius 2 is 1.44 bits per heavy atom. The zero-order chi connectivity index (χ0) is 8.12. The van der Waals surface area contributed by atoms with Crippen LogP contribution >= 0.6 is 0 Å². The maximum Gasteiger partial charge on any atom is -0.153 e. The van der Waals surface area contributed by atoms with Gasteiger partial charge >= 0.3 is 41.3 Å². The van der Waals surface area contributed by atoms with Crippen LogP contribution < -0.4 is 10.2 Å². The Balaban J connectivity index is -0.0000000771. The second kappa shape index (κ2) is 39.4. The molecule has 0 aromatic heterocycles. The first kappa shape index (κ1) is 16.2. The molecule has 0 saturated heterocycles. The van der Waals surface area contributed by atoms with Gasteiger partial charge in [0.25, 0.3) is 0 Å². The van der Waals surface area contributed by atoms with Crippen molar-refractivity contribution in [3.8, 4) is 0 Å². The fourth-order valence-corrected chi connectivity index (χ4v) is 0.612. The fourth-order valence-electron chi connectivity index (χ4n) is 0.204. The van der Waals surface area contributed by atoms with Crippen molar-refractivity contribution in [1.82, 2.24) is 0 Å². The minimum atomic E-state index is 0.750. The maximum atomic E-state index is 8.25. The Bertz CT molecular complexity index is 18.5. The molecule has 0 aliphatic heterocycles. The molecule has 0 radical (unpaired) electrons. The minimum Gasteiger partial charge on any atom is -0.857 e.